The van der Waals surface area contributed by atoms with Crippen molar-refractivity contribution < 1.29 is 46.7 Å². The molecular formula is C22H23LiN9O5S+. The summed E-state index contributed by atoms with van der Waals surface area (Å²) in [7, 11) is -4.05. The zero-order valence-corrected chi connectivity index (χ0v) is 21.1. The van der Waals surface area contributed by atoms with Crippen molar-refractivity contribution in [1.82, 2.24) is 20.1 Å². The van der Waals surface area contributed by atoms with Gasteiger partial charge >= 0.3 is 24.7 Å². The van der Waals surface area contributed by atoms with Crippen molar-refractivity contribution >= 4 is 33.4 Å². The standard InChI is InChI=1S/C22H23N9O5S.Li/c23-30-21(31-24)15-4-1-13(2-5-15)10-28-37(34,35)20-8-17(26-12-27-20)22(33)25-9-14-3-6-18-16(7-14)29-19(32)11-36-18;/h1-8,12,28H,9-11H2,(H7,23,24,25,26,27,29,30,31,32,33);/q;+1. The summed E-state index contributed by atoms with van der Waals surface area (Å²) >= 11 is 0. The van der Waals surface area contributed by atoms with E-state index in [1.165, 1.54) is 0 Å². The van der Waals surface area contributed by atoms with Gasteiger partial charge in [0.15, 0.2) is 11.6 Å². The average Bonchev–Trinajstić information content (AvgIpc) is 2.91. The summed E-state index contributed by atoms with van der Waals surface area (Å²) in [5.41, 5.74) is 4.69. The molecule has 1 aliphatic heterocycles. The van der Waals surface area contributed by atoms with Gasteiger partial charge in [-0.2, -0.15) is 16.4 Å². The van der Waals surface area contributed by atoms with E-state index in [-0.39, 0.29) is 55.2 Å². The predicted octanol–water partition coefficient (Wildman–Crippen LogP) is -4.83. The summed E-state index contributed by atoms with van der Waals surface area (Å²) in [6.07, 6.45) is 0.981. The molecule has 3 aromatic rings. The van der Waals surface area contributed by atoms with Gasteiger partial charge in [0.25, 0.3) is 15.9 Å². The minimum Gasteiger partial charge on any atom is -0.644 e. The van der Waals surface area contributed by atoms with Crippen LogP contribution in [0.15, 0.2) is 59.9 Å². The van der Waals surface area contributed by atoms with Crippen molar-refractivity contribution in [3.63, 3.8) is 0 Å². The zero-order valence-electron chi connectivity index (χ0n) is 20.3. The van der Waals surface area contributed by atoms with Crippen LogP contribution in [0.25, 0.3) is 5.32 Å². The molecule has 0 atom stereocenters. The molecule has 2 heterocycles. The van der Waals surface area contributed by atoms with E-state index in [0.29, 0.717) is 34.0 Å². The maximum Gasteiger partial charge on any atom is 1.00 e. The van der Waals surface area contributed by atoms with Crippen molar-refractivity contribution in [3.05, 3.63) is 82.6 Å². The maximum atomic E-state index is 12.7. The van der Waals surface area contributed by atoms with E-state index in [1.54, 1.807) is 42.5 Å². The van der Waals surface area contributed by atoms with Crippen LogP contribution in [0.5, 0.6) is 5.75 Å². The summed E-state index contributed by atoms with van der Waals surface area (Å²) < 4.78 is 33.2. The van der Waals surface area contributed by atoms with Gasteiger partial charge < -0.3 is 20.2 Å². The molecule has 16 heteroatoms. The molecule has 0 saturated heterocycles. The van der Waals surface area contributed by atoms with E-state index in [2.05, 4.69) is 35.9 Å². The average molecular weight is 532 g/mol. The van der Waals surface area contributed by atoms with Crippen LogP contribution in [0, 0.1) is 0 Å². The van der Waals surface area contributed by atoms with Crippen LogP contribution in [0.2, 0.25) is 0 Å². The number of carbonyl (C=O) groups excluding carboxylic acids is 2. The third-order valence-corrected chi connectivity index (χ3v) is 6.51. The number of nitrogens with two attached hydrogens (primary N) is 2. The van der Waals surface area contributed by atoms with Gasteiger partial charge in [-0.05, 0) is 29.8 Å². The minimum absolute atomic E-state index is 0. The quantitative estimate of drug-likeness (QED) is 0.0406. The van der Waals surface area contributed by atoms with Crippen molar-refractivity contribution in [3.8, 4) is 5.75 Å². The van der Waals surface area contributed by atoms with Gasteiger partial charge in [-0.25, -0.2) is 23.1 Å². The number of benzene rings is 2. The molecule has 8 N–H and O–H groups in total. The first-order valence-corrected chi connectivity index (χ1v) is 12.3. The Balaban J connectivity index is 0.00000400. The smallest absolute Gasteiger partial charge is 0.644 e. The molecular weight excluding hydrogens is 509 g/mol. The largest absolute Gasteiger partial charge is 1.00 e. The fraction of sp³-hybridized carbons (Fsp3) is 0.136. The Kier molecular flexibility index (Phi) is 9.39. The second kappa shape index (κ2) is 12.5. The first kappa shape index (κ1) is 28.6. The van der Waals surface area contributed by atoms with Gasteiger partial charge in [0.1, 0.15) is 18.0 Å². The number of rotatable bonds is 8. The van der Waals surface area contributed by atoms with Crippen molar-refractivity contribution in [2.75, 3.05) is 11.9 Å². The summed E-state index contributed by atoms with van der Waals surface area (Å²) in [6, 6.07) is 12.9. The molecule has 0 fully saturated rings. The third kappa shape index (κ3) is 6.85. The van der Waals surface area contributed by atoms with E-state index < -0.39 is 15.9 Å². The zero-order chi connectivity index (χ0) is 26.4. The molecule has 0 bridgehead atoms. The van der Waals surface area contributed by atoms with Crippen LogP contribution >= 0.6 is 0 Å². The number of anilines is 1. The molecule has 1 aromatic heterocycles. The van der Waals surface area contributed by atoms with E-state index in [0.717, 1.165) is 12.4 Å². The number of amides is 2. The molecule has 14 nitrogen and oxygen atoms in total. The third-order valence-electron chi connectivity index (χ3n) is 5.22. The number of amidine groups is 1. The Morgan fingerprint density at radius 1 is 1.13 bits per heavy atom. The molecule has 38 heavy (non-hydrogen) atoms. The molecule has 0 unspecified atom stereocenters. The topological polar surface area (TPSA) is 219 Å². The number of hydrogen-bond donors (Lipinski definition) is 6. The molecule has 2 amide bonds. The first-order valence-electron chi connectivity index (χ1n) is 10.8. The molecule has 0 radical (unpaired) electrons. The number of hydrazone groups is 1. The van der Waals surface area contributed by atoms with Gasteiger partial charge in [-0.1, -0.05) is 23.8 Å². The fourth-order valence-corrected chi connectivity index (χ4v) is 4.28. The van der Waals surface area contributed by atoms with Crippen molar-refractivity contribution in [2.24, 2.45) is 11.7 Å². The fourth-order valence-electron chi connectivity index (χ4n) is 3.33. The minimum atomic E-state index is -4.05. The Labute approximate surface area is 229 Å². The summed E-state index contributed by atoms with van der Waals surface area (Å²) in [5, 5.41) is 8.67. The summed E-state index contributed by atoms with van der Waals surface area (Å²) in [6.45, 7) is -0.102. The van der Waals surface area contributed by atoms with Gasteiger partial charge in [0.05, 0.1) is 16.9 Å². The molecule has 2 aromatic carbocycles. The van der Waals surface area contributed by atoms with Crippen LogP contribution in [-0.2, 0) is 27.9 Å². The van der Waals surface area contributed by atoms with Gasteiger partial charge in [0, 0.05) is 12.6 Å². The normalized spacial score (nSPS) is 12.9. The number of nitrogens with one attached hydrogen (secondary N) is 4. The maximum absolute atomic E-state index is 12.7. The Morgan fingerprint density at radius 2 is 1.87 bits per heavy atom. The number of carbonyl (C=O) groups is 2. The predicted molar refractivity (Wildman–Crippen MR) is 131 cm³/mol. The van der Waals surface area contributed by atoms with Gasteiger partial charge in [0.2, 0.25) is 0 Å². The Morgan fingerprint density at radius 3 is 2.58 bits per heavy atom. The number of sulfonamides is 1. The summed E-state index contributed by atoms with van der Waals surface area (Å²) in [4.78, 5) is 31.7. The van der Waals surface area contributed by atoms with E-state index in [9.17, 15) is 18.0 Å². The Hall–Kier alpha value is -4.00. The summed E-state index contributed by atoms with van der Waals surface area (Å²) in [5.74, 6) is 10.6. The monoisotopic (exact) mass is 532 g/mol. The molecule has 192 valence electrons. The second-order valence-electron chi connectivity index (χ2n) is 7.72. The van der Waals surface area contributed by atoms with Crippen LogP contribution < -0.4 is 55.8 Å². The van der Waals surface area contributed by atoms with Crippen LogP contribution in [0.3, 0.4) is 0 Å². The van der Waals surface area contributed by atoms with E-state index >= 15 is 0 Å². The van der Waals surface area contributed by atoms with Gasteiger partial charge in [-0.15, -0.1) is 6.54 Å². The SMILES string of the molecule is NN/C(=[NH+]\N)c1ccc(CNS(=O)(=O)c2cc(C(=O)[N-]Cc3ccc4c(c3)NC(=O)CO4)ncn2)cc1.[Li+]. The number of aromatic nitrogens is 2. The molecule has 1 aliphatic rings. The van der Waals surface area contributed by atoms with E-state index in [4.69, 9.17) is 16.4 Å². The molecule has 4 rings (SSSR count). The number of hydrazine groups is 2. The second-order valence-corrected chi connectivity index (χ2v) is 9.43. The first-order chi connectivity index (χ1) is 17.8. The number of hydrogen-bond acceptors (Lipinski definition) is 9. The molecule has 0 saturated carbocycles. The van der Waals surface area contributed by atoms with Gasteiger partial charge in [-0.3, -0.25) is 10.6 Å². The number of ether oxygens (including phenoxy) is 1. The molecule has 0 spiro atoms. The van der Waals surface area contributed by atoms with Crippen LogP contribution in [0.4, 0.5) is 5.69 Å². The number of fused-ring (bicyclic) bond motifs is 1. The molecule has 0 aliphatic carbocycles. The van der Waals surface area contributed by atoms with Crippen LogP contribution in [-0.4, -0.2) is 42.6 Å². The van der Waals surface area contributed by atoms with E-state index in [1.807, 2.05) is 0 Å². The van der Waals surface area contributed by atoms with Crippen molar-refractivity contribution in [2.45, 2.75) is 18.1 Å². The van der Waals surface area contributed by atoms with Crippen LogP contribution in [0.1, 0.15) is 27.2 Å². The Bertz CT molecular complexity index is 1470. The van der Waals surface area contributed by atoms with Crippen molar-refractivity contribution in [1.29, 1.82) is 0 Å². The number of nitrogens with zero attached hydrogens (tertiary/aromatic N) is 3.